The van der Waals surface area contributed by atoms with Gasteiger partial charge in [0.05, 0.1) is 12.6 Å². The van der Waals surface area contributed by atoms with Crippen molar-refractivity contribution in [3.05, 3.63) is 24.3 Å². The van der Waals surface area contributed by atoms with Crippen LogP contribution in [0.1, 0.15) is 38.5 Å². The van der Waals surface area contributed by atoms with E-state index in [9.17, 15) is 4.79 Å². The first-order valence-corrected chi connectivity index (χ1v) is 8.07. The average Bonchev–Trinajstić information content (AvgIpc) is 3.14. The van der Waals surface area contributed by atoms with Gasteiger partial charge in [-0.2, -0.15) is 0 Å². The summed E-state index contributed by atoms with van der Waals surface area (Å²) < 4.78 is 5.95. The monoisotopic (exact) mass is 288 g/mol. The number of rotatable bonds is 7. The molecule has 1 aromatic carbocycles. The van der Waals surface area contributed by atoms with Gasteiger partial charge in [-0.3, -0.25) is 4.79 Å². The number of hydrogen-bond donors (Lipinski definition) is 2. The summed E-state index contributed by atoms with van der Waals surface area (Å²) in [5, 5.41) is 6.12. The summed E-state index contributed by atoms with van der Waals surface area (Å²) in [7, 11) is 0. The summed E-state index contributed by atoms with van der Waals surface area (Å²) in [6.07, 6.45) is 7.74. The predicted octanol–water partition coefficient (Wildman–Crippen LogP) is 2.95. The molecular weight excluding hydrogens is 264 g/mol. The predicted molar refractivity (Wildman–Crippen MR) is 83.5 cm³/mol. The van der Waals surface area contributed by atoms with Gasteiger partial charge in [0.15, 0.2) is 0 Å². The second-order valence-electron chi connectivity index (χ2n) is 6.17. The molecule has 4 nitrogen and oxygen atoms in total. The fraction of sp³-hybridized carbons (Fsp3) is 0.588. The molecule has 0 aliphatic heterocycles. The fourth-order valence-electron chi connectivity index (χ4n) is 2.76. The van der Waals surface area contributed by atoms with Gasteiger partial charge in [0.1, 0.15) is 5.75 Å². The highest BCUT2D eigenvalue weighted by molar-refractivity contribution is 5.92. The van der Waals surface area contributed by atoms with Gasteiger partial charge in [-0.15, -0.1) is 0 Å². The van der Waals surface area contributed by atoms with Crippen LogP contribution in [-0.2, 0) is 4.79 Å². The van der Waals surface area contributed by atoms with Gasteiger partial charge < -0.3 is 15.4 Å². The minimum absolute atomic E-state index is 0.00802. The Hall–Kier alpha value is -1.55. The Labute approximate surface area is 126 Å². The first kappa shape index (κ1) is 14.4. The number of benzene rings is 1. The van der Waals surface area contributed by atoms with E-state index >= 15 is 0 Å². The Bertz CT molecular complexity index is 479. The Morgan fingerprint density at radius 3 is 2.76 bits per heavy atom. The third kappa shape index (κ3) is 4.74. The Kier molecular flexibility index (Phi) is 4.76. The number of anilines is 1. The highest BCUT2D eigenvalue weighted by Crippen LogP contribution is 2.27. The molecule has 0 radical (unpaired) electrons. The average molecular weight is 288 g/mol. The van der Waals surface area contributed by atoms with E-state index in [1.807, 2.05) is 24.3 Å². The molecule has 0 spiro atoms. The van der Waals surface area contributed by atoms with Crippen LogP contribution in [0.3, 0.4) is 0 Å². The number of nitrogens with one attached hydrogen (secondary N) is 2. The van der Waals surface area contributed by atoms with Gasteiger partial charge in [-0.05, 0) is 63.1 Å². The number of carbonyl (C=O) groups is 1. The normalized spacial score (nSPS) is 18.7. The maximum Gasteiger partial charge on any atom is 0.238 e. The minimum Gasteiger partial charge on any atom is -0.490 e. The molecule has 0 saturated heterocycles. The van der Waals surface area contributed by atoms with Gasteiger partial charge in [-0.25, -0.2) is 0 Å². The number of carbonyl (C=O) groups excluding carboxylic acids is 1. The van der Waals surface area contributed by atoms with Crippen molar-refractivity contribution in [2.24, 2.45) is 5.92 Å². The van der Waals surface area contributed by atoms with Crippen LogP contribution in [-0.4, -0.2) is 25.1 Å². The molecule has 2 aliphatic rings. The third-order valence-electron chi connectivity index (χ3n) is 4.14. The van der Waals surface area contributed by atoms with Crippen molar-refractivity contribution in [2.45, 2.75) is 44.6 Å². The molecule has 2 aliphatic carbocycles. The van der Waals surface area contributed by atoms with E-state index in [-0.39, 0.29) is 5.91 Å². The maximum absolute atomic E-state index is 11.9. The van der Waals surface area contributed by atoms with E-state index in [1.165, 1.54) is 25.7 Å². The quantitative estimate of drug-likeness (QED) is 0.811. The maximum atomic E-state index is 11.9. The van der Waals surface area contributed by atoms with Crippen LogP contribution in [0.5, 0.6) is 5.75 Å². The SMILES string of the molecule is O=C(CNCC1CC1)Nc1cccc(OC2CCCC2)c1. The Balaban J connectivity index is 1.46. The van der Waals surface area contributed by atoms with E-state index < -0.39 is 0 Å². The zero-order valence-electron chi connectivity index (χ0n) is 12.4. The van der Waals surface area contributed by atoms with Gasteiger partial charge in [0, 0.05) is 11.8 Å². The molecule has 2 N–H and O–H groups in total. The second-order valence-corrected chi connectivity index (χ2v) is 6.17. The molecule has 0 aromatic heterocycles. The van der Waals surface area contributed by atoms with Crippen LogP contribution >= 0.6 is 0 Å². The van der Waals surface area contributed by atoms with Crippen LogP contribution in [0.2, 0.25) is 0 Å². The van der Waals surface area contributed by atoms with E-state index in [2.05, 4.69) is 10.6 Å². The third-order valence-corrected chi connectivity index (χ3v) is 4.14. The molecule has 4 heteroatoms. The number of hydrogen-bond acceptors (Lipinski definition) is 3. The highest BCUT2D eigenvalue weighted by atomic mass is 16.5. The van der Waals surface area contributed by atoms with Crippen molar-refractivity contribution >= 4 is 11.6 Å². The summed E-state index contributed by atoms with van der Waals surface area (Å²) in [5.74, 6) is 1.65. The zero-order valence-corrected chi connectivity index (χ0v) is 12.4. The summed E-state index contributed by atoms with van der Waals surface area (Å²) >= 11 is 0. The second kappa shape index (κ2) is 6.94. The molecule has 3 rings (SSSR count). The lowest BCUT2D eigenvalue weighted by Gasteiger charge is -2.14. The largest absolute Gasteiger partial charge is 0.490 e. The zero-order chi connectivity index (χ0) is 14.5. The summed E-state index contributed by atoms with van der Waals surface area (Å²) in [6.45, 7) is 1.34. The van der Waals surface area contributed by atoms with Crippen molar-refractivity contribution in [2.75, 3.05) is 18.4 Å². The lowest BCUT2D eigenvalue weighted by Crippen LogP contribution is -2.29. The van der Waals surface area contributed by atoms with Crippen LogP contribution < -0.4 is 15.4 Å². The van der Waals surface area contributed by atoms with Crippen molar-refractivity contribution in [1.29, 1.82) is 0 Å². The van der Waals surface area contributed by atoms with E-state index in [0.717, 1.165) is 36.7 Å². The fourth-order valence-corrected chi connectivity index (χ4v) is 2.76. The summed E-state index contributed by atoms with van der Waals surface area (Å²) in [5.41, 5.74) is 0.809. The standard InChI is InChI=1S/C17H24N2O2/c20-17(12-18-11-13-8-9-13)19-14-4-3-7-16(10-14)21-15-5-1-2-6-15/h3-4,7,10,13,15,18H,1-2,5-6,8-9,11-12H2,(H,19,20). The molecule has 1 amide bonds. The Morgan fingerprint density at radius 1 is 1.19 bits per heavy atom. The van der Waals surface area contributed by atoms with Crippen LogP contribution in [0.15, 0.2) is 24.3 Å². The van der Waals surface area contributed by atoms with Crippen molar-refractivity contribution in [1.82, 2.24) is 5.32 Å². The molecule has 114 valence electrons. The molecule has 0 bridgehead atoms. The number of ether oxygens (including phenoxy) is 1. The first-order chi connectivity index (χ1) is 10.3. The lowest BCUT2D eigenvalue weighted by molar-refractivity contribution is -0.115. The van der Waals surface area contributed by atoms with Gasteiger partial charge in [-0.1, -0.05) is 6.07 Å². The van der Waals surface area contributed by atoms with Crippen LogP contribution in [0, 0.1) is 5.92 Å². The summed E-state index contributed by atoms with van der Waals surface area (Å²) in [4.78, 5) is 11.9. The minimum atomic E-state index is 0.00802. The van der Waals surface area contributed by atoms with Crippen molar-refractivity contribution in [3.63, 3.8) is 0 Å². The van der Waals surface area contributed by atoms with E-state index in [0.29, 0.717) is 12.6 Å². The first-order valence-electron chi connectivity index (χ1n) is 8.07. The molecule has 21 heavy (non-hydrogen) atoms. The van der Waals surface area contributed by atoms with Gasteiger partial charge in [0.2, 0.25) is 5.91 Å². The molecule has 2 saturated carbocycles. The van der Waals surface area contributed by atoms with E-state index in [1.54, 1.807) is 0 Å². The number of amides is 1. The van der Waals surface area contributed by atoms with Gasteiger partial charge >= 0.3 is 0 Å². The molecule has 0 atom stereocenters. The summed E-state index contributed by atoms with van der Waals surface area (Å²) in [6, 6.07) is 7.70. The topological polar surface area (TPSA) is 50.4 Å². The smallest absolute Gasteiger partial charge is 0.238 e. The van der Waals surface area contributed by atoms with Crippen LogP contribution in [0.4, 0.5) is 5.69 Å². The molecule has 0 heterocycles. The van der Waals surface area contributed by atoms with E-state index in [4.69, 9.17) is 4.74 Å². The highest BCUT2D eigenvalue weighted by Gasteiger charge is 2.20. The molecule has 0 unspecified atom stereocenters. The van der Waals surface area contributed by atoms with Crippen LogP contribution in [0.25, 0.3) is 0 Å². The van der Waals surface area contributed by atoms with Gasteiger partial charge in [0.25, 0.3) is 0 Å². The molecule has 2 fully saturated rings. The van der Waals surface area contributed by atoms with Crippen molar-refractivity contribution < 1.29 is 9.53 Å². The lowest BCUT2D eigenvalue weighted by atomic mass is 10.2. The molecule has 1 aromatic rings. The Morgan fingerprint density at radius 2 is 2.00 bits per heavy atom. The van der Waals surface area contributed by atoms with Crippen molar-refractivity contribution in [3.8, 4) is 5.75 Å². The molecular formula is C17H24N2O2.